The van der Waals surface area contributed by atoms with Crippen LogP contribution in [0.5, 0.6) is 0 Å². The van der Waals surface area contributed by atoms with Gasteiger partial charge in [0.05, 0.1) is 24.6 Å². The highest BCUT2D eigenvalue weighted by molar-refractivity contribution is 5.96. The Morgan fingerprint density at radius 1 is 1.27 bits per heavy atom. The molecule has 3 heterocycles. The van der Waals surface area contributed by atoms with Crippen LogP contribution in [0, 0.1) is 0 Å². The lowest BCUT2D eigenvalue weighted by Gasteiger charge is -2.40. The lowest BCUT2D eigenvalue weighted by molar-refractivity contribution is -0.149. The SMILES string of the molecule is CC(C)(C(=O)N1CCN(C2CCOC2)C(=O)C1)c1c[nH]c2ccccc12. The Hall–Kier alpha value is -2.34. The molecule has 4 rings (SSSR count). The van der Waals surface area contributed by atoms with Crippen molar-refractivity contribution < 1.29 is 14.3 Å². The first-order valence-corrected chi connectivity index (χ1v) is 9.21. The first-order valence-electron chi connectivity index (χ1n) is 9.21. The summed E-state index contributed by atoms with van der Waals surface area (Å²) in [7, 11) is 0. The molecule has 1 aromatic heterocycles. The summed E-state index contributed by atoms with van der Waals surface area (Å²) in [6.45, 7) is 6.51. The minimum atomic E-state index is -0.696. The molecule has 1 atom stereocenters. The van der Waals surface area contributed by atoms with E-state index < -0.39 is 5.41 Å². The van der Waals surface area contributed by atoms with E-state index in [1.807, 2.05) is 49.2 Å². The third-order valence-corrected chi connectivity index (χ3v) is 5.69. The van der Waals surface area contributed by atoms with Crippen molar-refractivity contribution in [3.05, 3.63) is 36.0 Å². The van der Waals surface area contributed by atoms with E-state index in [0.717, 1.165) is 22.9 Å². The molecule has 2 saturated heterocycles. The minimum Gasteiger partial charge on any atom is -0.379 e. The number of amides is 2. The summed E-state index contributed by atoms with van der Waals surface area (Å²) in [6, 6.07) is 8.15. The second-order valence-corrected chi connectivity index (χ2v) is 7.70. The van der Waals surface area contributed by atoms with Gasteiger partial charge in [0.1, 0.15) is 0 Å². The third-order valence-electron chi connectivity index (χ3n) is 5.69. The fourth-order valence-corrected chi connectivity index (χ4v) is 4.11. The third kappa shape index (κ3) is 2.78. The number of hydrogen-bond acceptors (Lipinski definition) is 3. The van der Waals surface area contributed by atoms with Crippen molar-refractivity contribution in [3.63, 3.8) is 0 Å². The summed E-state index contributed by atoms with van der Waals surface area (Å²) in [5.74, 6) is 0.0211. The maximum Gasteiger partial charge on any atom is 0.242 e. The Morgan fingerprint density at radius 2 is 2.08 bits per heavy atom. The zero-order valence-electron chi connectivity index (χ0n) is 15.3. The number of para-hydroxylation sites is 1. The molecule has 2 fully saturated rings. The molecule has 2 aromatic rings. The van der Waals surface area contributed by atoms with Crippen LogP contribution < -0.4 is 0 Å². The number of carbonyl (C=O) groups is 2. The van der Waals surface area contributed by atoms with Crippen LogP contribution in [0.25, 0.3) is 10.9 Å². The molecule has 0 bridgehead atoms. The van der Waals surface area contributed by atoms with Gasteiger partial charge < -0.3 is 19.5 Å². The summed E-state index contributed by atoms with van der Waals surface area (Å²) >= 11 is 0. The molecule has 0 saturated carbocycles. The largest absolute Gasteiger partial charge is 0.379 e. The molecule has 0 aliphatic carbocycles. The molecule has 1 unspecified atom stereocenters. The smallest absolute Gasteiger partial charge is 0.242 e. The Morgan fingerprint density at radius 3 is 2.81 bits per heavy atom. The second kappa shape index (κ2) is 6.43. The lowest BCUT2D eigenvalue weighted by Crippen LogP contribution is -2.58. The van der Waals surface area contributed by atoms with Crippen LogP contribution in [0.4, 0.5) is 0 Å². The minimum absolute atomic E-state index is 0.00192. The number of benzene rings is 1. The van der Waals surface area contributed by atoms with E-state index >= 15 is 0 Å². The van der Waals surface area contributed by atoms with Gasteiger partial charge in [-0.15, -0.1) is 0 Å². The van der Waals surface area contributed by atoms with Crippen molar-refractivity contribution >= 4 is 22.7 Å². The van der Waals surface area contributed by atoms with Crippen molar-refractivity contribution in [2.24, 2.45) is 0 Å². The summed E-state index contributed by atoms with van der Waals surface area (Å²) in [4.78, 5) is 32.7. The monoisotopic (exact) mass is 355 g/mol. The second-order valence-electron chi connectivity index (χ2n) is 7.70. The maximum atomic E-state index is 13.3. The highest BCUT2D eigenvalue weighted by Gasteiger charge is 2.40. The molecule has 26 heavy (non-hydrogen) atoms. The molecule has 2 aliphatic rings. The molecule has 1 aromatic carbocycles. The Balaban J connectivity index is 1.53. The van der Waals surface area contributed by atoms with Crippen molar-refractivity contribution in [1.82, 2.24) is 14.8 Å². The van der Waals surface area contributed by atoms with Gasteiger partial charge in [-0.1, -0.05) is 18.2 Å². The van der Waals surface area contributed by atoms with Gasteiger partial charge >= 0.3 is 0 Å². The molecular formula is C20H25N3O3. The number of rotatable bonds is 3. The van der Waals surface area contributed by atoms with Crippen LogP contribution in [0.2, 0.25) is 0 Å². The normalized spacial score (nSPS) is 21.6. The van der Waals surface area contributed by atoms with Crippen LogP contribution >= 0.6 is 0 Å². The van der Waals surface area contributed by atoms with Gasteiger partial charge in [-0.2, -0.15) is 0 Å². The first-order chi connectivity index (χ1) is 12.5. The van der Waals surface area contributed by atoms with Gasteiger partial charge in [-0.05, 0) is 31.9 Å². The number of H-pyrrole nitrogens is 1. The van der Waals surface area contributed by atoms with Gasteiger partial charge in [-0.25, -0.2) is 0 Å². The number of fused-ring (bicyclic) bond motifs is 1. The summed E-state index contributed by atoms with van der Waals surface area (Å²) < 4.78 is 5.40. The van der Waals surface area contributed by atoms with Gasteiger partial charge in [0.15, 0.2) is 0 Å². The van der Waals surface area contributed by atoms with Gasteiger partial charge in [-0.3, -0.25) is 9.59 Å². The number of aromatic amines is 1. The van der Waals surface area contributed by atoms with E-state index in [-0.39, 0.29) is 24.4 Å². The van der Waals surface area contributed by atoms with E-state index in [1.54, 1.807) is 4.90 Å². The van der Waals surface area contributed by atoms with Crippen molar-refractivity contribution in [2.75, 3.05) is 32.8 Å². The average Bonchev–Trinajstić information content (AvgIpc) is 3.30. The maximum absolute atomic E-state index is 13.3. The number of aromatic nitrogens is 1. The number of carbonyl (C=O) groups excluding carboxylic acids is 2. The fourth-order valence-electron chi connectivity index (χ4n) is 4.11. The predicted octanol–water partition coefficient (Wildman–Crippen LogP) is 1.91. The number of ether oxygens (including phenoxy) is 1. The molecule has 0 spiro atoms. The van der Waals surface area contributed by atoms with Crippen LogP contribution in [0.15, 0.2) is 30.5 Å². The molecule has 6 heteroatoms. The van der Waals surface area contributed by atoms with Crippen LogP contribution in [-0.4, -0.2) is 65.5 Å². The van der Waals surface area contributed by atoms with E-state index in [1.165, 1.54) is 0 Å². The molecule has 0 radical (unpaired) electrons. The summed E-state index contributed by atoms with van der Waals surface area (Å²) in [5.41, 5.74) is 1.29. The quantitative estimate of drug-likeness (QED) is 0.915. The van der Waals surface area contributed by atoms with Gasteiger partial charge in [0, 0.05) is 36.8 Å². The molecule has 2 aliphatic heterocycles. The number of hydrogen-bond donors (Lipinski definition) is 1. The number of nitrogens with zero attached hydrogens (tertiary/aromatic N) is 2. The van der Waals surface area contributed by atoms with Crippen LogP contribution in [0.3, 0.4) is 0 Å². The zero-order chi connectivity index (χ0) is 18.3. The first kappa shape index (κ1) is 17.1. The molecule has 1 N–H and O–H groups in total. The number of nitrogens with one attached hydrogen (secondary N) is 1. The summed E-state index contributed by atoms with van der Waals surface area (Å²) in [6.07, 6.45) is 2.80. The van der Waals surface area contributed by atoms with Gasteiger partial charge in [0.25, 0.3) is 0 Å². The lowest BCUT2D eigenvalue weighted by atomic mass is 9.82. The zero-order valence-corrected chi connectivity index (χ0v) is 15.3. The van der Waals surface area contributed by atoms with Crippen LogP contribution in [-0.2, 0) is 19.7 Å². The predicted molar refractivity (Wildman–Crippen MR) is 98.8 cm³/mol. The highest BCUT2D eigenvalue weighted by atomic mass is 16.5. The molecule has 6 nitrogen and oxygen atoms in total. The molecule has 2 amide bonds. The van der Waals surface area contributed by atoms with E-state index in [4.69, 9.17) is 4.74 Å². The number of piperazine rings is 1. The topological polar surface area (TPSA) is 65.6 Å². The highest BCUT2D eigenvalue weighted by Crippen LogP contribution is 2.32. The van der Waals surface area contributed by atoms with E-state index in [2.05, 4.69) is 4.98 Å². The Bertz CT molecular complexity index is 836. The molecule has 138 valence electrons. The standard InChI is InChI=1S/C20H25N3O3/c1-20(2,16-11-21-17-6-4-3-5-15(16)17)19(25)22-8-9-23(18(24)12-22)14-7-10-26-13-14/h3-6,11,14,21H,7-10,12-13H2,1-2H3. The fraction of sp³-hybridized carbons (Fsp3) is 0.500. The van der Waals surface area contributed by atoms with E-state index in [9.17, 15) is 9.59 Å². The Labute approximate surface area is 153 Å². The summed E-state index contributed by atoms with van der Waals surface area (Å²) in [5, 5.41) is 1.05. The molecular weight excluding hydrogens is 330 g/mol. The van der Waals surface area contributed by atoms with Crippen LogP contribution in [0.1, 0.15) is 25.8 Å². The van der Waals surface area contributed by atoms with Crippen molar-refractivity contribution in [3.8, 4) is 0 Å². The van der Waals surface area contributed by atoms with Gasteiger partial charge in [0.2, 0.25) is 11.8 Å². The average molecular weight is 355 g/mol. The van der Waals surface area contributed by atoms with Crippen molar-refractivity contribution in [1.29, 1.82) is 0 Å². The van der Waals surface area contributed by atoms with Crippen molar-refractivity contribution in [2.45, 2.75) is 31.7 Å². The van der Waals surface area contributed by atoms with E-state index in [0.29, 0.717) is 26.3 Å². The Kier molecular flexibility index (Phi) is 4.23.